The van der Waals surface area contributed by atoms with Gasteiger partial charge in [0.05, 0.1) is 40.4 Å². The number of hydrogen-bond acceptors (Lipinski definition) is 17. The van der Waals surface area contributed by atoms with Gasteiger partial charge in [-0.05, 0) is 49.9 Å². The van der Waals surface area contributed by atoms with Gasteiger partial charge >= 0.3 is 11.9 Å². The van der Waals surface area contributed by atoms with E-state index in [0.29, 0.717) is 22.1 Å². The van der Waals surface area contributed by atoms with Crippen LogP contribution in [0.4, 0.5) is 0 Å². The van der Waals surface area contributed by atoms with Crippen LogP contribution in [0, 0.1) is 17.8 Å². The lowest BCUT2D eigenvalue weighted by Crippen LogP contribution is -2.59. The zero-order valence-electron chi connectivity index (χ0n) is 43.5. The quantitative estimate of drug-likeness (QED) is 0.172. The molecule has 2 aliphatic heterocycles. The average Bonchev–Trinajstić information content (AvgIpc) is 3.38. The Hall–Kier alpha value is -7.63. The van der Waals surface area contributed by atoms with E-state index in [2.05, 4.69) is 35.9 Å². The Labute approximate surface area is 437 Å². The molecule has 0 radical (unpaired) electrons. The molecule has 3 N–H and O–H groups in total. The summed E-state index contributed by atoms with van der Waals surface area (Å²) in [6.07, 6.45) is 1.92. The van der Waals surface area contributed by atoms with Gasteiger partial charge in [0.2, 0.25) is 35.4 Å². The minimum atomic E-state index is -1.64. The molecule has 400 valence electrons. The van der Waals surface area contributed by atoms with Crippen molar-refractivity contribution in [3.8, 4) is 0 Å². The molecule has 7 amide bonds. The van der Waals surface area contributed by atoms with Gasteiger partial charge in [-0.2, -0.15) is 11.8 Å². The molecule has 2 aliphatic rings. The highest BCUT2D eigenvalue weighted by Gasteiger charge is 2.43. The van der Waals surface area contributed by atoms with Gasteiger partial charge in [0, 0.05) is 46.1 Å². The standard InChI is InChI=1S/C51H63N11O12S/c1-26(2)41-50(71)73-22-30(19-40(63)35-20-52-31-15-11-13-17-33(31)56-35)43(64)54-28(5)46(67)59(7)38-24-75-25-39(48(69)61(41)9)60(8)47(68)29(6)55-45(66)37(23-74-51(72)42(27(3)4)62(10)49(38)70)58-44(65)36-21-53-32-16-12-14-18-34(32)57-36/h11-18,20-21,26-30,37-39,41-42H,19,22-25H2,1-10H3,(H,54,64)(H,55,66)(H,58,65)/t28-,29-,30+,37+,38-,39-,41-,42-/m0/s1. The normalized spacial score (nSPS) is 24.8. The van der Waals surface area contributed by atoms with Crippen molar-refractivity contribution in [3.63, 3.8) is 0 Å². The van der Waals surface area contributed by atoms with Crippen LogP contribution in [0.15, 0.2) is 60.9 Å². The molecule has 0 unspecified atom stereocenters. The molecule has 6 rings (SSSR count). The number of rotatable bonds is 7. The number of cyclic esters (lactones) is 2. The van der Waals surface area contributed by atoms with E-state index in [1.807, 2.05) is 0 Å². The molecule has 2 aromatic heterocycles. The van der Waals surface area contributed by atoms with Crippen LogP contribution in [0.25, 0.3) is 22.1 Å². The lowest BCUT2D eigenvalue weighted by atomic mass is 9.99. The number of para-hydroxylation sites is 4. The van der Waals surface area contributed by atoms with Crippen LogP contribution in [0.5, 0.6) is 0 Å². The molecule has 0 spiro atoms. The predicted octanol–water partition coefficient (Wildman–Crippen LogP) is 1.04. The van der Waals surface area contributed by atoms with Crippen LogP contribution in [0.2, 0.25) is 0 Å². The summed E-state index contributed by atoms with van der Waals surface area (Å²) in [4.78, 5) is 165. The second-order valence-electron chi connectivity index (χ2n) is 19.3. The van der Waals surface area contributed by atoms with E-state index in [9.17, 15) is 47.9 Å². The van der Waals surface area contributed by atoms with Gasteiger partial charge in [-0.1, -0.05) is 52.0 Å². The second kappa shape index (κ2) is 24.6. The molecule has 2 bridgehead atoms. The number of carbonyl (C=O) groups excluding carboxylic acids is 10. The van der Waals surface area contributed by atoms with E-state index in [1.54, 1.807) is 76.2 Å². The van der Waals surface area contributed by atoms with E-state index in [0.717, 1.165) is 31.4 Å². The van der Waals surface area contributed by atoms with Crippen molar-refractivity contribution in [1.29, 1.82) is 0 Å². The number of thioether (sulfide) groups is 1. The van der Waals surface area contributed by atoms with E-state index in [4.69, 9.17) is 9.47 Å². The molecular weight excluding hydrogens is 991 g/mol. The number of esters is 2. The highest BCUT2D eigenvalue weighted by atomic mass is 32.2. The predicted molar refractivity (Wildman–Crippen MR) is 273 cm³/mol. The molecule has 0 saturated carbocycles. The summed E-state index contributed by atoms with van der Waals surface area (Å²) in [6, 6.07) is 3.81. The average molecular weight is 1050 g/mol. The number of nitrogens with one attached hydrogen (secondary N) is 3. The molecule has 4 heterocycles. The third kappa shape index (κ3) is 13.2. The van der Waals surface area contributed by atoms with E-state index >= 15 is 0 Å². The second-order valence-corrected chi connectivity index (χ2v) is 20.4. The molecule has 23 nitrogen and oxygen atoms in total. The molecule has 0 aliphatic carbocycles. The number of likely N-dealkylation sites (N-methyl/N-ethyl adjacent to an activating group) is 4. The maximum Gasteiger partial charge on any atom is 0.329 e. The summed E-state index contributed by atoms with van der Waals surface area (Å²) in [7, 11) is 5.33. The number of ether oxygens (including phenoxy) is 2. The lowest BCUT2D eigenvalue weighted by Gasteiger charge is -2.37. The van der Waals surface area contributed by atoms with Crippen molar-refractivity contribution in [2.75, 3.05) is 52.9 Å². The number of Topliss-reactive ketones (excluding diaryl/α,β-unsaturated/α-hetero) is 1. The Morgan fingerprint density at radius 1 is 0.613 bits per heavy atom. The first-order valence-electron chi connectivity index (χ1n) is 24.4. The smallest absolute Gasteiger partial charge is 0.329 e. The minimum Gasteiger partial charge on any atom is -0.463 e. The zero-order chi connectivity index (χ0) is 55.0. The van der Waals surface area contributed by atoms with Gasteiger partial charge in [-0.3, -0.25) is 48.3 Å². The van der Waals surface area contributed by atoms with Crippen molar-refractivity contribution < 1.29 is 57.4 Å². The number of fused-ring (bicyclic) bond motifs is 6. The van der Waals surface area contributed by atoms with Crippen molar-refractivity contribution in [2.24, 2.45) is 17.8 Å². The van der Waals surface area contributed by atoms with E-state index in [-0.39, 0.29) is 22.9 Å². The molecule has 8 atom stereocenters. The number of hydrogen-bond donors (Lipinski definition) is 3. The SMILES string of the molecule is CC(C)[C@H]1C(=O)OC[C@@H](NC(=O)c2cnc3ccccc3n2)C(=O)N[C@@H](C)C(=O)N(C)[C@H]2CSC[C@@H](C(=O)N1C)N(C)C(=O)[C@H](C)NC(=O)[C@H](CC(=O)c1cnc3ccccc3n1)COC(=O)[C@H](C(C)C)N(C)C2=O. The third-order valence-corrected chi connectivity index (χ3v) is 14.2. The monoisotopic (exact) mass is 1050 g/mol. The van der Waals surface area contributed by atoms with Gasteiger partial charge in [-0.15, -0.1) is 0 Å². The maximum atomic E-state index is 14.9. The number of benzene rings is 2. The first kappa shape index (κ1) is 56.7. The fraction of sp³-hybridized carbons (Fsp3) is 0.490. The van der Waals surface area contributed by atoms with Crippen LogP contribution in [-0.4, -0.2) is 194 Å². The lowest BCUT2D eigenvalue weighted by molar-refractivity contribution is -0.160. The summed E-state index contributed by atoms with van der Waals surface area (Å²) >= 11 is 1.01. The van der Waals surface area contributed by atoms with Crippen molar-refractivity contribution in [3.05, 3.63) is 72.3 Å². The highest BCUT2D eigenvalue weighted by Crippen LogP contribution is 2.24. The molecule has 75 heavy (non-hydrogen) atoms. The van der Waals surface area contributed by atoms with Crippen LogP contribution >= 0.6 is 11.8 Å². The molecule has 2 saturated heterocycles. The molecule has 2 fully saturated rings. The van der Waals surface area contributed by atoms with Crippen molar-refractivity contribution in [1.82, 2.24) is 55.5 Å². The first-order chi connectivity index (χ1) is 35.5. The third-order valence-electron chi connectivity index (χ3n) is 13.1. The zero-order valence-corrected chi connectivity index (χ0v) is 44.3. The molecule has 4 aromatic rings. The summed E-state index contributed by atoms with van der Waals surface area (Å²) < 4.78 is 11.5. The number of carbonyl (C=O) groups is 10. The van der Waals surface area contributed by atoms with E-state index < -0.39 is 139 Å². The Kier molecular flexibility index (Phi) is 18.6. The fourth-order valence-electron chi connectivity index (χ4n) is 8.82. The van der Waals surface area contributed by atoms with Crippen LogP contribution < -0.4 is 16.0 Å². The van der Waals surface area contributed by atoms with Crippen LogP contribution in [-0.2, 0) is 47.8 Å². The van der Waals surface area contributed by atoms with Crippen LogP contribution in [0.1, 0.15) is 68.9 Å². The van der Waals surface area contributed by atoms with Gasteiger partial charge in [0.15, 0.2) is 5.78 Å². The summed E-state index contributed by atoms with van der Waals surface area (Å²) in [5.74, 6) is -11.4. The first-order valence-corrected chi connectivity index (χ1v) is 25.5. The van der Waals surface area contributed by atoms with Gasteiger partial charge in [-0.25, -0.2) is 19.6 Å². The Morgan fingerprint density at radius 3 is 1.52 bits per heavy atom. The summed E-state index contributed by atoms with van der Waals surface area (Å²) in [6.45, 7) is 7.87. The summed E-state index contributed by atoms with van der Waals surface area (Å²) in [5.41, 5.74) is 1.58. The van der Waals surface area contributed by atoms with Crippen molar-refractivity contribution in [2.45, 2.75) is 90.3 Å². The van der Waals surface area contributed by atoms with Crippen molar-refractivity contribution >= 4 is 92.9 Å². The summed E-state index contributed by atoms with van der Waals surface area (Å²) in [5, 5.41) is 7.71. The van der Waals surface area contributed by atoms with E-state index in [1.165, 1.54) is 54.4 Å². The fourth-order valence-corrected chi connectivity index (χ4v) is 10.1. The molecule has 2 aromatic carbocycles. The maximum absolute atomic E-state index is 14.9. The van der Waals surface area contributed by atoms with Crippen LogP contribution in [0.3, 0.4) is 0 Å². The number of nitrogens with zero attached hydrogens (tertiary/aromatic N) is 8. The Bertz CT molecular complexity index is 2680. The molecule has 24 heteroatoms. The van der Waals surface area contributed by atoms with Gasteiger partial charge in [0.25, 0.3) is 5.91 Å². The number of aromatic nitrogens is 4. The van der Waals surface area contributed by atoms with Gasteiger partial charge < -0.3 is 45.0 Å². The largest absolute Gasteiger partial charge is 0.463 e. The number of amides is 7. The topological polar surface area (TPSA) is 290 Å². The minimum absolute atomic E-state index is 0.0690. The Morgan fingerprint density at radius 2 is 1.04 bits per heavy atom. The van der Waals surface area contributed by atoms with Gasteiger partial charge in [0.1, 0.15) is 66.9 Å². The highest BCUT2D eigenvalue weighted by molar-refractivity contribution is 7.99. The Balaban J connectivity index is 1.39. The number of ketones is 1. The molecular formula is C51H63N11O12S.